The molecule has 0 aliphatic heterocycles. The summed E-state index contributed by atoms with van der Waals surface area (Å²) in [7, 11) is 0. The Kier molecular flexibility index (Phi) is 4.53. The topological polar surface area (TPSA) is 29.1 Å². The highest BCUT2D eigenvalue weighted by atomic mass is 79.9. The van der Waals surface area contributed by atoms with E-state index in [1.54, 1.807) is 17.4 Å². The molecule has 0 aliphatic rings. The van der Waals surface area contributed by atoms with E-state index in [1.807, 2.05) is 11.4 Å². The van der Waals surface area contributed by atoms with Gasteiger partial charge in [0.1, 0.15) is 5.82 Å². The minimum atomic E-state index is -0.444. The molecule has 18 heavy (non-hydrogen) atoms. The number of carbonyl (C=O) groups is 1. The predicted molar refractivity (Wildman–Crippen MR) is 77.3 cm³/mol. The summed E-state index contributed by atoms with van der Waals surface area (Å²) in [4.78, 5) is 12.8. The van der Waals surface area contributed by atoms with Crippen LogP contribution in [0.5, 0.6) is 0 Å². The number of halogens is 3. The number of carbonyl (C=O) groups excluding carboxylic acids is 1. The quantitative estimate of drug-likeness (QED) is 0.826. The number of hydrogen-bond acceptors (Lipinski definition) is 2. The Balaban J connectivity index is 2.04. The maximum absolute atomic E-state index is 13.3. The van der Waals surface area contributed by atoms with Crippen LogP contribution < -0.4 is 5.32 Å². The van der Waals surface area contributed by atoms with Gasteiger partial charge in [-0.2, -0.15) is 0 Å². The van der Waals surface area contributed by atoms with Crippen LogP contribution in [0.3, 0.4) is 0 Å². The molecule has 0 bridgehead atoms. The van der Waals surface area contributed by atoms with Gasteiger partial charge in [0.2, 0.25) is 0 Å². The first-order valence-electron chi connectivity index (χ1n) is 5.03. The molecule has 0 saturated heterocycles. The van der Waals surface area contributed by atoms with Crippen LogP contribution in [0, 0.1) is 5.82 Å². The van der Waals surface area contributed by atoms with E-state index in [1.165, 1.54) is 12.1 Å². The van der Waals surface area contributed by atoms with E-state index in [0.717, 1.165) is 9.35 Å². The largest absolute Gasteiger partial charge is 0.347 e. The summed E-state index contributed by atoms with van der Waals surface area (Å²) < 4.78 is 14.6. The van der Waals surface area contributed by atoms with Gasteiger partial charge in [-0.1, -0.05) is 0 Å². The maximum Gasteiger partial charge on any atom is 0.251 e. The minimum absolute atomic E-state index is 0.290. The first-order chi connectivity index (χ1) is 8.58. The van der Waals surface area contributed by atoms with E-state index in [-0.39, 0.29) is 5.91 Å². The molecule has 0 fully saturated rings. The monoisotopic (exact) mass is 391 g/mol. The number of amides is 1. The first kappa shape index (κ1) is 13.7. The molecule has 6 heteroatoms. The smallest absolute Gasteiger partial charge is 0.251 e. The summed E-state index contributed by atoms with van der Waals surface area (Å²) in [6.07, 6.45) is 0. The molecule has 0 radical (unpaired) electrons. The molecule has 2 rings (SSSR count). The summed E-state index contributed by atoms with van der Waals surface area (Å²) in [6.45, 7) is 0.425. The van der Waals surface area contributed by atoms with Crippen molar-refractivity contribution in [3.63, 3.8) is 0 Å². The third-order valence-electron chi connectivity index (χ3n) is 2.28. The SMILES string of the molecule is O=C(NCc1sccc1Br)c1ccc(Br)c(F)c1. The van der Waals surface area contributed by atoms with Crippen LogP contribution in [-0.4, -0.2) is 5.91 Å². The molecule has 2 nitrogen and oxygen atoms in total. The van der Waals surface area contributed by atoms with Gasteiger partial charge in [0.05, 0.1) is 11.0 Å². The summed E-state index contributed by atoms with van der Waals surface area (Å²) >= 11 is 7.98. The molecule has 1 amide bonds. The van der Waals surface area contributed by atoms with Crippen LogP contribution in [-0.2, 0) is 6.54 Å². The van der Waals surface area contributed by atoms with Gasteiger partial charge in [-0.05, 0) is 61.5 Å². The second kappa shape index (κ2) is 5.95. The Hall–Kier alpha value is -0.720. The Morgan fingerprint density at radius 2 is 2.06 bits per heavy atom. The van der Waals surface area contributed by atoms with Crippen molar-refractivity contribution in [1.82, 2.24) is 5.32 Å². The molecule has 1 heterocycles. The molecule has 0 atom stereocenters. The van der Waals surface area contributed by atoms with Gasteiger partial charge in [-0.15, -0.1) is 11.3 Å². The summed E-state index contributed by atoms with van der Waals surface area (Å²) in [5, 5.41) is 4.68. The lowest BCUT2D eigenvalue weighted by Crippen LogP contribution is -2.22. The first-order valence-corrected chi connectivity index (χ1v) is 7.49. The number of thiophene rings is 1. The van der Waals surface area contributed by atoms with Crippen molar-refractivity contribution in [3.8, 4) is 0 Å². The lowest BCUT2D eigenvalue weighted by molar-refractivity contribution is 0.0951. The molecule has 1 aromatic carbocycles. The van der Waals surface area contributed by atoms with Crippen molar-refractivity contribution in [3.05, 3.63) is 54.8 Å². The van der Waals surface area contributed by atoms with Gasteiger partial charge in [0, 0.05) is 14.9 Å². The average Bonchev–Trinajstić information content (AvgIpc) is 2.75. The molecule has 0 unspecified atom stereocenters. The molecule has 0 saturated carbocycles. The molecule has 1 N–H and O–H groups in total. The van der Waals surface area contributed by atoms with Crippen molar-refractivity contribution in [2.75, 3.05) is 0 Å². The third kappa shape index (κ3) is 3.18. The Labute approximate surface area is 124 Å². The fourth-order valence-electron chi connectivity index (χ4n) is 1.35. The van der Waals surface area contributed by atoms with Gasteiger partial charge in [-0.3, -0.25) is 4.79 Å². The highest BCUT2D eigenvalue weighted by Crippen LogP contribution is 2.22. The molecule has 0 aliphatic carbocycles. The zero-order valence-electron chi connectivity index (χ0n) is 9.04. The number of rotatable bonds is 3. The van der Waals surface area contributed by atoms with Gasteiger partial charge in [0.25, 0.3) is 5.91 Å². The van der Waals surface area contributed by atoms with Crippen molar-refractivity contribution < 1.29 is 9.18 Å². The van der Waals surface area contributed by atoms with Crippen LogP contribution in [0.1, 0.15) is 15.2 Å². The summed E-state index contributed by atoms with van der Waals surface area (Å²) in [5.74, 6) is -0.735. The highest BCUT2D eigenvalue weighted by molar-refractivity contribution is 9.10. The fraction of sp³-hybridized carbons (Fsp3) is 0.0833. The van der Waals surface area contributed by atoms with E-state index < -0.39 is 5.82 Å². The zero-order chi connectivity index (χ0) is 13.1. The van der Waals surface area contributed by atoms with Crippen LogP contribution in [0.25, 0.3) is 0 Å². The van der Waals surface area contributed by atoms with Crippen LogP contribution in [0.15, 0.2) is 38.6 Å². The van der Waals surface area contributed by atoms with Gasteiger partial charge < -0.3 is 5.32 Å². The maximum atomic E-state index is 13.3. The van der Waals surface area contributed by atoms with Gasteiger partial charge >= 0.3 is 0 Å². The number of nitrogens with one attached hydrogen (secondary N) is 1. The molecule has 94 valence electrons. The molecule has 0 spiro atoms. The Morgan fingerprint density at radius 1 is 1.28 bits per heavy atom. The lowest BCUT2D eigenvalue weighted by atomic mass is 10.2. The standard InChI is InChI=1S/C12H8Br2FNOS/c13-8-2-1-7(5-10(8)15)12(17)16-6-11-9(14)3-4-18-11/h1-5H,6H2,(H,16,17). The Morgan fingerprint density at radius 3 is 2.67 bits per heavy atom. The van der Waals surface area contributed by atoms with Crippen molar-refractivity contribution >= 4 is 49.1 Å². The van der Waals surface area contributed by atoms with Gasteiger partial charge in [0.15, 0.2) is 0 Å². The average molecular weight is 393 g/mol. The number of benzene rings is 1. The second-order valence-corrected chi connectivity index (χ2v) is 6.21. The van der Waals surface area contributed by atoms with Gasteiger partial charge in [-0.25, -0.2) is 4.39 Å². The van der Waals surface area contributed by atoms with Crippen molar-refractivity contribution in [1.29, 1.82) is 0 Å². The molecule has 2 aromatic rings. The summed E-state index contributed by atoms with van der Waals surface area (Å²) in [6, 6.07) is 6.23. The van der Waals surface area contributed by atoms with Crippen molar-refractivity contribution in [2.24, 2.45) is 0 Å². The zero-order valence-corrected chi connectivity index (χ0v) is 13.0. The minimum Gasteiger partial charge on any atom is -0.347 e. The van der Waals surface area contributed by atoms with Crippen LogP contribution in [0.2, 0.25) is 0 Å². The third-order valence-corrected chi connectivity index (χ3v) is 4.85. The van der Waals surface area contributed by atoms with E-state index >= 15 is 0 Å². The van der Waals surface area contributed by atoms with E-state index in [4.69, 9.17) is 0 Å². The summed E-state index contributed by atoms with van der Waals surface area (Å²) in [5.41, 5.74) is 0.309. The van der Waals surface area contributed by atoms with E-state index in [2.05, 4.69) is 37.2 Å². The molecule has 1 aromatic heterocycles. The van der Waals surface area contributed by atoms with E-state index in [9.17, 15) is 9.18 Å². The van der Waals surface area contributed by atoms with Crippen LogP contribution >= 0.6 is 43.2 Å². The Bertz CT molecular complexity index is 585. The second-order valence-electron chi connectivity index (χ2n) is 3.50. The van der Waals surface area contributed by atoms with Crippen LogP contribution in [0.4, 0.5) is 4.39 Å². The van der Waals surface area contributed by atoms with E-state index in [0.29, 0.717) is 16.6 Å². The molecular formula is C12H8Br2FNOS. The lowest BCUT2D eigenvalue weighted by Gasteiger charge is -2.05. The fourth-order valence-corrected chi connectivity index (χ4v) is 3.03. The molecular weight excluding hydrogens is 385 g/mol. The predicted octanol–water partition coefficient (Wildman–Crippen LogP) is 4.34. The number of hydrogen-bond donors (Lipinski definition) is 1. The highest BCUT2D eigenvalue weighted by Gasteiger charge is 2.09. The van der Waals surface area contributed by atoms with Crippen molar-refractivity contribution in [2.45, 2.75) is 6.54 Å². The normalized spacial score (nSPS) is 10.4.